The highest BCUT2D eigenvalue weighted by Gasteiger charge is 1.98. The molecule has 6 heteroatoms. The second kappa shape index (κ2) is 7.30. The molecule has 0 aliphatic carbocycles. The van der Waals surface area contributed by atoms with Crippen molar-refractivity contribution in [1.29, 1.82) is 0 Å². The number of nitrogens with one attached hydrogen (secondary N) is 2. The second-order valence-electron chi connectivity index (χ2n) is 4.06. The first kappa shape index (κ1) is 14.1. The first-order chi connectivity index (χ1) is 9.75. The lowest BCUT2D eigenvalue weighted by molar-refractivity contribution is 0.864. The van der Waals surface area contributed by atoms with Crippen LogP contribution in [0.15, 0.2) is 54.0 Å². The summed E-state index contributed by atoms with van der Waals surface area (Å²) >= 11 is 5.16. The molecule has 0 saturated heterocycles. The van der Waals surface area contributed by atoms with E-state index in [4.69, 9.17) is 12.2 Å². The molecule has 0 unspecified atom stereocenters. The van der Waals surface area contributed by atoms with Crippen LogP contribution in [-0.4, -0.2) is 20.8 Å². The van der Waals surface area contributed by atoms with Crippen LogP contribution in [0, 0.1) is 0 Å². The summed E-state index contributed by atoms with van der Waals surface area (Å²) in [6, 6.07) is 9.54. The zero-order valence-corrected chi connectivity index (χ0v) is 11.9. The van der Waals surface area contributed by atoms with Gasteiger partial charge in [0.15, 0.2) is 5.11 Å². The molecule has 2 rings (SSSR count). The van der Waals surface area contributed by atoms with Gasteiger partial charge in [0.2, 0.25) is 0 Å². The largest absolute Gasteiger partial charge is 0.357 e. The predicted molar refractivity (Wildman–Crippen MR) is 83.3 cm³/mol. The summed E-state index contributed by atoms with van der Waals surface area (Å²) in [5.41, 5.74) is 5.50. The minimum absolute atomic E-state index is 0.470. The molecule has 102 valence electrons. The van der Waals surface area contributed by atoms with Gasteiger partial charge in [0, 0.05) is 25.1 Å². The predicted octanol–water partition coefficient (Wildman–Crippen LogP) is 1.86. The first-order valence-electron chi connectivity index (χ1n) is 6.14. The number of thiocarbonyl (C=S) groups is 1. The van der Waals surface area contributed by atoms with Crippen LogP contribution < -0.4 is 10.7 Å². The summed E-state index contributed by atoms with van der Waals surface area (Å²) in [5, 5.41) is 7.74. The van der Waals surface area contributed by atoms with E-state index in [2.05, 4.69) is 25.8 Å². The van der Waals surface area contributed by atoms with Gasteiger partial charge in [-0.25, -0.2) is 0 Å². The van der Waals surface area contributed by atoms with E-state index in [-0.39, 0.29) is 0 Å². The van der Waals surface area contributed by atoms with E-state index in [1.54, 1.807) is 18.6 Å². The van der Waals surface area contributed by atoms with Gasteiger partial charge in [0.25, 0.3) is 0 Å². The Morgan fingerprint density at radius 3 is 2.70 bits per heavy atom. The van der Waals surface area contributed by atoms with Crippen LogP contribution in [0.1, 0.15) is 18.2 Å². The van der Waals surface area contributed by atoms with Crippen molar-refractivity contribution in [2.45, 2.75) is 13.5 Å². The molecule has 2 aromatic heterocycles. The van der Waals surface area contributed by atoms with Gasteiger partial charge < -0.3 is 5.32 Å². The van der Waals surface area contributed by atoms with Crippen molar-refractivity contribution < 1.29 is 0 Å². The van der Waals surface area contributed by atoms with E-state index >= 15 is 0 Å². The van der Waals surface area contributed by atoms with Crippen LogP contribution in [0.5, 0.6) is 0 Å². The Morgan fingerprint density at radius 1 is 1.20 bits per heavy atom. The Bertz CT molecular complexity index is 583. The van der Waals surface area contributed by atoms with E-state index in [0.29, 0.717) is 11.7 Å². The topological polar surface area (TPSA) is 62.2 Å². The Morgan fingerprint density at radius 2 is 2.00 bits per heavy atom. The Hall–Kier alpha value is -2.34. The smallest absolute Gasteiger partial charge is 0.187 e. The summed E-state index contributed by atoms with van der Waals surface area (Å²) in [6.07, 6.45) is 5.22. The van der Waals surface area contributed by atoms with Gasteiger partial charge in [-0.3, -0.25) is 15.4 Å². The third kappa shape index (κ3) is 4.40. The van der Waals surface area contributed by atoms with Crippen LogP contribution in [0.25, 0.3) is 0 Å². The molecule has 2 N–H and O–H groups in total. The fourth-order valence-electron chi connectivity index (χ4n) is 1.49. The zero-order chi connectivity index (χ0) is 14.2. The third-order valence-corrected chi connectivity index (χ3v) is 2.80. The molecule has 0 spiro atoms. The molecule has 2 heterocycles. The highest BCUT2D eigenvalue weighted by Crippen LogP contribution is 1.96. The van der Waals surface area contributed by atoms with Crippen LogP contribution in [-0.2, 0) is 6.54 Å². The summed E-state index contributed by atoms with van der Waals surface area (Å²) < 4.78 is 0. The lowest BCUT2D eigenvalue weighted by Gasteiger charge is -2.07. The number of pyridine rings is 2. The molecule has 0 fully saturated rings. The summed E-state index contributed by atoms with van der Waals surface area (Å²) in [6.45, 7) is 2.51. The molecule has 20 heavy (non-hydrogen) atoms. The molecule has 0 saturated carbocycles. The van der Waals surface area contributed by atoms with Gasteiger partial charge in [0.1, 0.15) is 0 Å². The molecule has 5 nitrogen and oxygen atoms in total. The molecular formula is C14H15N5S. The van der Waals surface area contributed by atoms with Gasteiger partial charge in [0.05, 0.1) is 11.4 Å². The van der Waals surface area contributed by atoms with Crippen molar-refractivity contribution in [2.75, 3.05) is 0 Å². The maximum absolute atomic E-state index is 5.16. The number of aromatic nitrogens is 2. The van der Waals surface area contributed by atoms with Crippen molar-refractivity contribution in [3.05, 3.63) is 60.2 Å². The van der Waals surface area contributed by atoms with E-state index in [9.17, 15) is 0 Å². The number of rotatable bonds is 4. The molecule has 0 amide bonds. The lowest BCUT2D eigenvalue weighted by Crippen LogP contribution is -2.32. The van der Waals surface area contributed by atoms with Crippen molar-refractivity contribution in [1.82, 2.24) is 20.7 Å². The number of nitrogens with zero attached hydrogens (tertiary/aromatic N) is 3. The minimum atomic E-state index is 0.470. The van der Waals surface area contributed by atoms with E-state index in [1.807, 2.05) is 37.3 Å². The van der Waals surface area contributed by atoms with Gasteiger partial charge in [-0.2, -0.15) is 5.10 Å². The van der Waals surface area contributed by atoms with Crippen LogP contribution in [0.2, 0.25) is 0 Å². The zero-order valence-electron chi connectivity index (χ0n) is 11.1. The monoisotopic (exact) mass is 285 g/mol. The van der Waals surface area contributed by atoms with Crippen molar-refractivity contribution in [3.63, 3.8) is 0 Å². The maximum atomic E-state index is 5.16. The fraction of sp³-hybridized carbons (Fsp3) is 0.143. The number of hydrazone groups is 1. The molecule has 0 aromatic carbocycles. The van der Waals surface area contributed by atoms with Crippen molar-refractivity contribution in [2.24, 2.45) is 5.10 Å². The van der Waals surface area contributed by atoms with Gasteiger partial charge in [-0.05, 0) is 49.0 Å². The van der Waals surface area contributed by atoms with Gasteiger partial charge >= 0.3 is 0 Å². The van der Waals surface area contributed by atoms with E-state index < -0.39 is 0 Å². The average Bonchev–Trinajstić information content (AvgIpc) is 2.52. The van der Waals surface area contributed by atoms with Crippen LogP contribution in [0.3, 0.4) is 0 Å². The summed E-state index contributed by atoms with van der Waals surface area (Å²) in [7, 11) is 0. The fourth-order valence-corrected chi connectivity index (χ4v) is 1.61. The highest BCUT2D eigenvalue weighted by molar-refractivity contribution is 7.80. The maximum Gasteiger partial charge on any atom is 0.187 e. The molecule has 0 atom stereocenters. The summed E-state index contributed by atoms with van der Waals surface area (Å²) in [4.78, 5) is 8.17. The molecule has 0 radical (unpaired) electrons. The van der Waals surface area contributed by atoms with E-state index in [0.717, 1.165) is 17.0 Å². The van der Waals surface area contributed by atoms with Crippen molar-refractivity contribution in [3.8, 4) is 0 Å². The Kier molecular flexibility index (Phi) is 5.14. The van der Waals surface area contributed by atoms with Gasteiger partial charge in [-0.15, -0.1) is 0 Å². The SMILES string of the molecule is C/C(=N\NC(=S)NCc1ccncc1)c1ccccn1. The highest BCUT2D eigenvalue weighted by atomic mass is 32.1. The molecule has 0 bridgehead atoms. The first-order valence-corrected chi connectivity index (χ1v) is 6.55. The van der Waals surface area contributed by atoms with Gasteiger partial charge in [-0.1, -0.05) is 6.07 Å². The number of hydrogen-bond acceptors (Lipinski definition) is 4. The molecule has 0 aliphatic heterocycles. The van der Waals surface area contributed by atoms with E-state index in [1.165, 1.54) is 0 Å². The average molecular weight is 285 g/mol. The quantitative estimate of drug-likeness (QED) is 0.510. The molecule has 0 aliphatic rings. The van der Waals surface area contributed by atoms with Crippen LogP contribution in [0.4, 0.5) is 0 Å². The Labute approximate surface area is 123 Å². The van der Waals surface area contributed by atoms with Crippen molar-refractivity contribution >= 4 is 23.0 Å². The Balaban J connectivity index is 1.83. The summed E-state index contributed by atoms with van der Waals surface area (Å²) in [5.74, 6) is 0. The minimum Gasteiger partial charge on any atom is -0.357 e. The molecule has 2 aromatic rings. The second-order valence-corrected chi connectivity index (χ2v) is 4.47. The lowest BCUT2D eigenvalue weighted by atomic mass is 10.3. The number of hydrogen-bond donors (Lipinski definition) is 2. The van der Waals surface area contributed by atoms with Crippen LogP contribution >= 0.6 is 12.2 Å². The third-order valence-electron chi connectivity index (χ3n) is 2.56. The standard InChI is InChI=1S/C14H15N5S/c1-11(13-4-2-3-7-16-13)18-19-14(20)17-10-12-5-8-15-9-6-12/h2-9H,10H2,1H3,(H2,17,19,20)/b18-11+. The normalized spacial score (nSPS) is 10.9. The molecular weight excluding hydrogens is 270 g/mol.